The molecule has 1 saturated heterocycles. The summed E-state index contributed by atoms with van der Waals surface area (Å²) in [4.78, 5) is 11.9. The van der Waals surface area contributed by atoms with Crippen LogP contribution in [0.4, 0.5) is 5.69 Å². The standard InChI is InChI=1S/C12H14N4O/c17-12(11-2-1-5-13-11)15-9-3-4-10-8(6-9)7-14-16-10/h3-4,6-7,11,13H,1-2,5H2,(H,14,16)(H,15,17)/t11-/m0/s1. The van der Waals surface area contributed by atoms with Gasteiger partial charge in [-0.3, -0.25) is 9.89 Å². The van der Waals surface area contributed by atoms with E-state index in [0.717, 1.165) is 36.0 Å². The Morgan fingerprint density at radius 2 is 2.41 bits per heavy atom. The zero-order valence-corrected chi connectivity index (χ0v) is 9.36. The van der Waals surface area contributed by atoms with Gasteiger partial charge in [-0.2, -0.15) is 5.10 Å². The van der Waals surface area contributed by atoms with E-state index >= 15 is 0 Å². The average Bonchev–Trinajstić information content (AvgIpc) is 2.99. The summed E-state index contributed by atoms with van der Waals surface area (Å²) in [6.45, 7) is 0.929. The van der Waals surface area contributed by atoms with E-state index in [9.17, 15) is 4.79 Å². The summed E-state index contributed by atoms with van der Waals surface area (Å²) in [5.74, 6) is 0.0466. The van der Waals surface area contributed by atoms with Gasteiger partial charge in [0.2, 0.25) is 5.91 Å². The molecule has 0 unspecified atom stereocenters. The summed E-state index contributed by atoms with van der Waals surface area (Å²) in [6.07, 6.45) is 3.73. The molecule has 5 heteroatoms. The maximum atomic E-state index is 11.9. The van der Waals surface area contributed by atoms with E-state index in [2.05, 4.69) is 20.8 Å². The van der Waals surface area contributed by atoms with Gasteiger partial charge in [0, 0.05) is 11.1 Å². The van der Waals surface area contributed by atoms with Gasteiger partial charge in [-0.25, -0.2) is 0 Å². The molecule has 1 aromatic carbocycles. The first-order valence-corrected chi connectivity index (χ1v) is 5.80. The summed E-state index contributed by atoms with van der Waals surface area (Å²) in [5.41, 5.74) is 1.79. The molecule has 1 aliphatic heterocycles. The average molecular weight is 230 g/mol. The van der Waals surface area contributed by atoms with Crippen LogP contribution in [0, 0.1) is 0 Å². The second-order valence-corrected chi connectivity index (χ2v) is 4.31. The molecule has 1 aromatic heterocycles. The largest absolute Gasteiger partial charge is 0.325 e. The number of fused-ring (bicyclic) bond motifs is 1. The van der Waals surface area contributed by atoms with Crippen molar-refractivity contribution < 1.29 is 4.79 Å². The lowest BCUT2D eigenvalue weighted by Crippen LogP contribution is -2.35. The minimum atomic E-state index is -0.0463. The van der Waals surface area contributed by atoms with E-state index < -0.39 is 0 Å². The number of carbonyl (C=O) groups is 1. The molecule has 0 saturated carbocycles. The minimum absolute atomic E-state index is 0.0463. The maximum Gasteiger partial charge on any atom is 0.241 e. The molecule has 0 bridgehead atoms. The van der Waals surface area contributed by atoms with E-state index in [1.54, 1.807) is 6.20 Å². The van der Waals surface area contributed by atoms with Gasteiger partial charge >= 0.3 is 0 Å². The number of rotatable bonds is 2. The topological polar surface area (TPSA) is 69.8 Å². The predicted molar refractivity (Wildman–Crippen MR) is 65.7 cm³/mol. The number of H-pyrrole nitrogens is 1. The SMILES string of the molecule is O=C(Nc1ccc2[nH]ncc2c1)[C@@H]1CCCN1. The smallest absolute Gasteiger partial charge is 0.241 e. The van der Waals surface area contributed by atoms with E-state index in [4.69, 9.17) is 0 Å². The van der Waals surface area contributed by atoms with Gasteiger partial charge in [0.05, 0.1) is 17.8 Å². The Morgan fingerprint density at radius 3 is 3.24 bits per heavy atom. The van der Waals surface area contributed by atoms with E-state index in [1.807, 2.05) is 18.2 Å². The molecular formula is C12H14N4O. The molecule has 88 valence electrons. The molecule has 2 heterocycles. The van der Waals surface area contributed by atoms with Crippen LogP contribution < -0.4 is 10.6 Å². The Kier molecular flexibility index (Phi) is 2.53. The van der Waals surface area contributed by atoms with Crippen molar-refractivity contribution in [3.05, 3.63) is 24.4 Å². The molecule has 1 aliphatic rings. The van der Waals surface area contributed by atoms with Crippen LogP contribution >= 0.6 is 0 Å². The highest BCUT2D eigenvalue weighted by Gasteiger charge is 2.21. The van der Waals surface area contributed by atoms with Gasteiger partial charge in [0.15, 0.2) is 0 Å². The summed E-state index contributed by atoms with van der Waals surface area (Å²) in [7, 11) is 0. The van der Waals surface area contributed by atoms with Crippen molar-refractivity contribution in [2.24, 2.45) is 0 Å². The van der Waals surface area contributed by atoms with Crippen LogP contribution in [0.1, 0.15) is 12.8 Å². The molecule has 3 N–H and O–H groups in total. The number of aromatic nitrogens is 2. The third kappa shape index (κ3) is 2.01. The van der Waals surface area contributed by atoms with Crippen molar-refractivity contribution in [3.8, 4) is 0 Å². The van der Waals surface area contributed by atoms with Crippen LogP contribution in [0.25, 0.3) is 10.9 Å². The van der Waals surface area contributed by atoms with E-state index in [-0.39, 0.29) is 11.9 Å². The first-order chi connectivity index (χ1) is 8.33. The number of carbonyl (C=O) groups excluding carboxylic acids is 1. The number of hydrogen-bond donors (Lipinski definition) is 3. The molecule has 1 amide bonds. The highest BCUT2D eigenvalue weighted by atomic mass is 16.2. The highest BCUT2D eigenvalue weighted by Crippen LogP contribution is 2.17. The van der Waals surface area contributed by atoms with Crippen LogP contribution in [-0.2, 0) is 4.79 Å². The lowest BCUT2D eigenvalue weighted by molar-refractivity contribution is -0.117. The van der Waals surface area contributed by atoms with E-state index in [1.165, 1.54) is 0 Å². The number of nitrogens with one attached hydrogen (secondary N) is 3. The fourth-order valence-corrected chi connectivity index (χ4v) is 2.16. The molecule has 1 atom stereocenters. The Morgan fingerprint density at radius 1 is 1.47 bits per heavy atom. The molecular weight excluding hydrogens is 216 g/mol. The Bertz CT molecular complexity index is 542. The number of anilines is 1. The van der Waals surface area contributed by atoms with Gasteiger partial charge in [0.1, 0.15) is 0 Å². The molecule has 0 radical (unpaired) electrons. The summed E-state index contributed by atoms with van der Waals surface area (Å²) in [5, 5.41) is 13.9. The zero-order valence-electron chi connectivity index (χ0n) is 9.36. The summed E-state index contributed by atoms with van der Waals surface area (Å²) >= 11 is 0. The van der Waals surface area contributed by atoms with Crippen LogP contribution in [0.3, 0.4) is 0 Å². The van der Waals surface area contributed by atoms with Crippen molar-refractivity contribution in [2.45, 2.75) is 18.9 Å². The van der Waals surface area contributed by atoms with Gasteiger partial charge in [-0.15, -0.1) is 0 Å². The van der Waals surface area contributed by atoms with Crippen LogP contribution in [-0.4, -0.2) is 28.7 Å². The second kappa shape index (κ2) is 4.18. The van der Waals surface area contributed by atoms with Gasteiger partial charge in [-0.1, -0.05) is 0 Å². The summed E-state index contributed by atoms with van der Waals surface area (Å²) < 4.78 is 0. The van der Waals surface area contributed by atoms with Gasteiger partial charge < -0.3 is 10.6 Å². The first kappa shape index (κ1) is 10.3. The summed E-state index contributed by atoms with van der Waals surface area (Å²) in [6, 6.07) is 5.68. The van der Waals surface area contributed by atoms with Gasteiger partial charge in [0.25, 0.3) is 0 Å². The number of benzene rings is 1. The van der Waals surface area contributed by atoms with Crippen molar-refractivity contribution >= 4 is 22.5 Å². The monoisotopic (exact) mass is 230 g/mol. The quantitative estimate of drug-likeness (QED) is 0.727. The molecule has 2 aromatic rings. The maximum absolute atomic E-state index is 11.9. The van der Waals surface area contributed by atoms with Crippen LogP contribution in [0.15, 0.2) is 24.4 Å². The number of hydrogen-bond acceptors (Lipinski definition) is 3. The lowest BCUT2D eigenvalue weighted by atomic mass is 10.2. The van der Waals surface area contributed by atoms with Crippen molar-refractivity contribution in [2.75, 3.05) is 11.9 Å². The number of aromatic amines is 1. The van der Waals surface area contributed by atoms with Gasteiger partial charge in [-0.05, 0) is 37.6 Å². The molecule has 0 aliphatic carbocycles. The van der Waals surface area contributed by atoms with E-state index in [0.29, 0.717) is 0 Å². The Hall–Kier alpha value is -1.88. The first-order valence-electron chi connectivity index (χ1n) is 5.80. The molecule has 17 heavy (non-hydrogen) atoms. The predicted octanol–water partition coefficient (Wildman–Crippen LogP) is 1.25. The minimum Gasteiger partial charge on any atom is -0.325 e. The number of amides is 1. The lowest BCUT2D eigenvalue weighted by Gasteiger charge is -2.10. The third-order valence-corrected chi connectivity index (χ3v) is 3.08. The second-order valence-electron chi connectivity index (χ2n) is 4.31. The fourth-order valence-electron chi connectivity index (χ4n) is 2.16. The normalized spacial score (nSPS) is 19.6. The highest BCUT2D eigenvalue weighted by molar-refractivity contribution is 5.96. The van der Waals surface area contributed by atoms with Crippen molar-refractivity contribution in [1.82, 2.24) is 15.5 Å². The Balaban J connectivity index is 1.77. The molecule has 3 rings (SSSR count). The van der Waals surface area contributed by atoms with Crippen LogP contribution in [0.5, 0.6) is 0 Å². The zero-order chi connectivity index (χ0) is 11.7. The van der Waals surface area contributed by atoms with Crippen molar-refractivity contribution in [1.29, 1.82) is 0 Å². The Labute approximate surface area is 98.6 Å². The third-order valence-electron chi connectivity index (χ3n) is 3.08. The molecule has 1 fully saturated rings. The van der Waals surface area contributed by atoms with Crippen molar-refractivity contribution in [3.63, 3.8) is 0 Å². The van der Waals surface area contributed by atoms with Crippen LogP contribution in [0.2, 0.25) is 0 Å². The fraction of sp³-hybridized carbons (Fsp3) is 0.333. The molecule has 5 nitrogen and oxygen atoms in total. The molecule has 0 spiro atoms. The number of nitrogens with zero attached hydrogens (tertiary/aromatic N) is 1.